The molecule has 1 aliphatic heterocycles. The Morgan fingerprint density at radius 3 is 2.57 bits per heavy atom. The van der Waals surface area contributed by atoms with Gasteiger partial charge in [-0.1, -0.05) is 36.9 Å². The molecule has 1 N–H and O–H groups in total. The van der Waals surface area contributed by atoms with Crippen LogP contribution < -0.4 is 5.32 Å². The van der Waals surface area contributed by atoms with Crippen LogP contribution in [0, 0.1) is 0 Å². The number of carbonyl (C=O) groups excluding carboxylic acids is 1. The number of carbonyl (C=O) groups is 1. The molecule has 1 atom stereocenters. The summed E-state index contributed by atoms with van der Waals surface area (Å²) in [5.41, 5.74) is 2.35. The molecule has 1 saturated heterocycles. The lowest BCUT2D eigenvalue weighted by Crippen LogP contribution is -2.13. The third kappa shape index (κ3) is 1.69. The second kappa shape index (κ2) is 3.66. The van der Waals surface area contributed by atoms with Crippen molar-refractivity contribution in [3.8, 4) is 0 Å². The van der Waals surface area contributed by atoms with Gasteiger partial charge in [0.2, 0.25) is 5.91 Å². The van der Waals surface area contributed by atoms with E-state index in [1.54, 1.807) is 0 Å². The Kier molecular flexibility index (Phi) is 2.35. The molecule has 1 fully saturated rings. The van der Waals surface area contributed by atoms with Crippen LogP contribution in [0.15, 0.2) is 30.8 Å². The zero-order valence-electron chi connectivity index (χ0n) is 7.99. The van der Waals surface area contributed by atoms with Crippen LogP contribution in [0.5, 0.6) is 0 Å². The lowest BCUT2D eigenvalue weighted by atomic mass is 9.97. The summed E-state index contributed by atoms with van der Waals surface area (Å²) in [6, 6.07) is 8.21. The van der Waals surface area contributed by atoms with E-state index in [0.29, 0.717) is 12.3 Å². The molecule has 1 unspecified atom stereocenters. The van der Waals surface area contributed by atoms with E-state index in [2.05, 4.69) is 24.0 Å². The standard InChI is InChI=1S/C12H13NO/c1-2-9-3-5-10(6-4-9)11-7-12(14)13-8-11/h2-6,11H,1,7-8H2,(H,13,14). The monoisotopic (exact) mass is 187 g/mol. The Morgan fingerprint density at radius 1 is 1.36 bits per heavy atom. The summed E-state index contributed by atoms with van der Waals surface area (Å²) in [5.74, 6) is 0.504. The van der Waals surface area contributed by atoms with Gasteiger partial charge in [-0.3, -0.25) is 4.79 Å². The van der Waals surface area contributed by atoms with Gasteiger partial charge >= 0.3 is 0 Å². The average molecular weight is 187 g/mol. The molecule has 2 nitrogen and oxygen atoms in total. The van der Waals surface area contributed by atoms with Crippen molar-refractivity contribution in [3.05, 3.63) is 42.0 Å². The smallest absolute Gasteiger partial charge is 0.220 e. The molecule has 1 aromatic carbocycles. The zero-order valence-corrected chi connectivity index (χ0v) is 7.99. The summed E-state index contributed by atoms with van der Waals surface area (Å²) in [6.45, 7) is 4.47. The van der Waals surface area contributed by atoms with Gasteiger partial charge in [0.25, 0.3) is 0 Å². The first-order valence-electron chi connectivity index (χ1n) is 4.78. The number of hydrogen-bond donors (Lipinski definition) is 1. The fraction of sp³-hybridized carbons (Fsp3) is 0.250. The van der Waals surface area contributed by atoms with Gasteiger partial charge in [0.1, 0.15) is 0 Å². The largest absolute Gasteiger partial charge is 0.355 e. The molecule has 2 rings (SSSR count). The topological polar surface area (TPSA) is 29.1 Å². The van der Waals surface area contributed by atoms with Crippen molar-refractivity contribution in [1.29, 1.82) is 0 Å². The maximum absolute atomic E-state index is 11.0. The SMILES string of the molecule is C=Cc1ccc(C2CNC(=O)C2)cc1. The number of rotatable bonds is 2. The van der Waals surface area contributed by atoms with Crippen molar-refractivity contribution in [1.82, 2.24) is 5.32 Å². The van der Waals surface area contributed by atoms with Crippen LogP contribution in [-0.4, -0.2) is 12.5 Å². The summed E-state index contributed by atoms with van der Waals surface area (Å²) in [7, 11) is 0. The fourth-order valence-electron chi connectivity index (χ4n) is 1.75. The Balaban J connectivity index is 2.16. The predicted molar refractivity (Wildman–Crippen MR) is 56.9 cm³/mol. The van der Waals surface area contributed by atoms with E-state index in [-0.39, 0.29) is 5.91 Å². The molecule has 14 heavy (non-hydrogen) atoms. The quantitative estimate of drug-likeness (QED) is 0.753. The van der Waals surface area contributed by atoms with Crippen molar-refractivity contribution in [2.75, 3.05) is 6.54 Å². The summed E-state index contributed by atoms with van der Waals surface area (Å²) in [6.07, 6.45) is 2.44. The van der Waals surface area contributed by atoms with E-state index < -0.39 is 0 Å². The normalized spacial score (nSPS) is 20.6. The van der Waals surface area contributed by atoms with Gasteiger partial charge < -0.3 is 5.32 Å². The van der Waals surface area contributed by atoms with E-state index in [1.165, 1.54) is 5.56 Å². The number of amides is 1. The summed E-state index contributed by atoms with van der Waals surface area (Å²) in [5, 5.41) is 2.84. The highest BCUT2D eigenvalue weighted by atomic mass is 16.1. The third-order valence-corrected chi connectivity index (χ3v) is 2.62. The van der Waals surface area contributed by atoms with Crippen molar-refractivity contribution in [2.45, 2.75) is 12.3 Å². The Bertz CT molecular complexity index is 353. The molecule has 0 radical (unpaired) electrons. The van der Waals surface area contributed by atoms with Crippen LogP contribution in [-0.2, 0) is 4.79 Å². The molecule has 1 amide bonds. The number of benzene rings is 1. The highest BCUT2D eigenvalue weighted by Crippen LogP contribution is 2.23. The molecule has 1 heterocycles. The van der Waals surface area contributed by atoms with Crippen molar-refractivity contribution < 1.29 is 4.79 Å². The average Bonchev–Trinajstić information content (AvgIpc) is 2.65. The molecular weight excluding hydrogens is 174 g/mol. The van der Waals surface area contributed by atoms with E-state index in [4.69, 9.17) is 0 Å². The lowest BCUT2D eigenvalue weighted by molar-refractivity contribution is -0.119. The lowest BCUT2D eigenvalue weighted by Gasteiger charge is -2.07. The molecule has 0 saturated carbocycles. The first-order valence-corrected chi connectivity index (χ1v) is 4.78. The molecule has 0 spiro atoms. The minimum Gasteiger partial charge on any atom is -0.355 e. The summed E-state index contributed by atoms with van der Waals surface area (Å²) < 4.78 is 0. The maximum Gasteiger partial charge on any atom is 0.220 e. The molecule has 1 aliphatic rings. The van der Waals surface area contributed by atoms with Crippen LogP contribution in [0.2, 0.25) is 0 Å². The Hall–Kier alpha value is -1.57. The minimum absolute atomic E-state index is 0.155. The minimum atomic E-state index is 0.155. The van der Waals surface area contributed by atoms with Crippen LogP contribution in [0.25, 0.3) is 6.08 Å². The zero-order chi connectivity index (χ0) is 9.97. The van der Waals surface area contributed by atoms with Crippen molar-refractivity contribution in [2.24, 2.45) is 0 Å². The summed E-state index contributed by atoms with van der Waals surface area (Å²) >= 11 is 0. The fourth-order valence-corrected chi connectivity index (χ4v) is 1.75. The molecule has 0 aliphatic carbocycles. The molecule has 72 valence electrons. The number of nitrogens with one attached hydrogen (secondary N) is 1. The van der Waals surface area contributed by atoms with Crippen molar-refractivity contribution in [3.63, 3.8) is 0 Å². The van der Waals surface area contributed by atoms with Crippen LogP contribution in [0.1, 0.15) is 23.5 Å². The predicted octanol–water partition coefficient (Wildman–Crippen LogP) is 1.93. The molecule has 2 heteroatoms. The van der Waals surface area contributed by atoms with Gasteiger partial charge in [-0.2, -0.15) is 0 Å². The third-order valence-electron chi connectivity index (χ3n) is 2.62. The first-order chi connectivity index (χ1) is 6.79. The van der Waals surface area contributed by atoms with Gasteiger partial charge in [0.15, 0.2) is 0 Å². The van der Waals surface area contributed by atoms with Gasteiger partial charge in [-0.05, 0) is 11.1 Å². The Labute approximate surface area is 83.6 Å². The second-order valence-electron chi connectivity index (χ2n) is 3.58. The summed E-state index contributed by atoms with van der Waals surface area (Å²) in [4.78, 5) is 11.0. The van der Waals surface area contributed by atoms with Gasteiger partial charge in [-0.25, -0.2) is 0 Å². The van der Waals surface area contributed by atoms with Crippen molar-refractivity contribution >= 4 is 12.0 Å². The van der Waals surface area contributed by atoms with Crippen LogP contribution in [0.3, 0.4) is 0 Å². The molecule has 0 bridgehead atoms. The Morgan fingerprint density at radius 2 is 2.07 bits per heavy atom. The van der Waals surface area contributed by atoms with Gasteiger partial charge in [0.05, 0.1) is 0 Å². The highest BCUT2D eigenvalue weighted by molar-refractivity contribution is 5.79. The van der Waals surface area contributed by atoms with E-state index in [1.807, 2.05) is 18.2 Å². The van der Waals surface area contributed by atoms with E-state index in [9.17, 15) is 4.79 Å². The first kappa shape index (κ1) is 9.00. The second-order valence-corrected chi connectivity index (χ2v) is 3.58. The van der Waals surface area contributed by atoms with Crippen LogP contribution in [0.4, 0.5) is 0 Å². The maximum atomic E-state index is 11.0. The van der Waals surface area contributed by atoms with Gasteiger partial charge in [-0.15, -0.1) is 0 Å². The highest BCUT2D eigenvalue weighted by Gasteiger charge is 2.22. The van der Waals surface area contributed by atoms with Gasteiger partial charge in [0, 0.05) is 18.9 Å². The molecule has 1 aromatic rings. The number of hydrogen-bond acceptors (Lipinski definition) is 1. The van der Waals surface area contributed by atoms with E-state index in [0.717, 1.165) is 12.1 Å². The molecule has 0 aromatic heterocycles. The van der Waals surface area contributed by atoms with E-state index >= 15 is 0 Å². The van der Waals surface area contributed by atoms with Crippen LogP contribution >= 0.6 is 0 Å². The molecular formula is C12H13NO.